The first kappa shape index (κ1) is 70.1. The molecule has 0 radical (unpaired) electrons. The second kappa shape index (κ2) is 55.9. The van der Waals surface area contributed by atoms with Crippen LogP contribution in [0, 0.1) is 11.8 Å². The summed E-state index contributed by atoms with van der Waals surface area (Å²) >= 11 is 0. The van der Waals surface area contributed by atoms with Gasteiger partial charge in [0, 0.05) is 44.4 Å². The monoisotopic (exact) mass is 1040 g/mol. The molecule has 7 nitrogen and oxygen atoms in total. The van der Waals surface area contributed by atoms with Crippen molar-refractivity contribution in [2.75, 3.05) is 26.3 Å². The normalized spacial score (nSPS) is 12.9. The maximum absolute atomic E-state index is 12.8. The summed E-state index contributed by atoms with van der Waals surface area (Å²) in [5.74, 6) is 1.15. The van der Waals surface area contributed by atoms with Gasteiger partial charge < -0.3 is 18.9 Å². The molecule has 74 heavy (non-hydrogen) atoms. The maximum atomic E-state index is 12.8. The Labute approximate surface area is 462 Å². The van der Waals surface area contributed by atoms with Crippen LogP contribution in [0.25, 0.3) is 0 Å². The Morgan fingerprint density at radius 1 is 0.392 bits per heavy atom. The third-order valence-electron chi connectivity index (χ3n) is 16.4. The lowest BCUT2D eigenvalue weighted by molar-refractivity contribution is -0.146. The Kier molecular flexibility index (Phi) is 52.9. The Hall–Kier alpha value is -1.89. The number of unbranched alkanes of at least 4 members (excludes halogenated alkanes) is 33. The molecule has 2 atom stereocenters. The second-order valence-electron chi connectivity index (χ2n) is 23.5. The van der Waals surface area contributed by atoms with Crippen LogP contribution in [0.15, 0.2) is 18.7 Å². The molecule has 1 heterocycles. The molecule has 0 saturated carbocycles. The van der Waals surface area contributed by atoms with E-state index < -0.39 is 0 Å². The minimum Gasteiger partial charge on any atom is -0.465 e. The van der Waals surface area contributed by atoms with Crippen molar-refractivity contribution < 1.29 is 19.1 Å². The molecule has 0 N–H and O–H groups in total. The molecule has 1 aromatic rings. The molecule has 0 aliphatic carbocycles. The smallest absolute Gasteiger partial charge is 0.305 e. The van der Waals surface area contributed by atoms with Crippen LogP contribution in [0.1, 0.15) is 349 Å². The number of hydrogen-bond donors (Lipinski definition) is 0. The molecule has 436 valence electrons. The van der Waals surface area contributed by atoms with Crippen LogP contribution in [0.5, 0.6) is 0 Å². The predicted molar refractivity (Wildman–Crippen MR) is 321 cm³/mol. The molecule has 7 heteroatoms. The van der Waals surface area contributed by atoms with Crippen LogP contribution in [-0.2, 0) is 25.6 Å². The van der Waals surface area contributed by atoms with Gasteiger partial charge in [0.05, 0.1) is 19.5 Å². The van der Waals surface area contributed by atoms with Crippen LogP contribution in [-0.4, -0.2) is 58.7 Å². The number of aromatic nitrogens is 2. The van der Waals surface area contributed by atoms with E-state index in [-0.39, 0.29) is 11.9 Å². The fourth-order valence-electron chi connectivity index (χ4n) is 11.4. The van der Waals surface area contributed by atoms with Crippen molar-refractivity contribution in [3.05, 3.63) is 18.7 Å². The van der Waals surface area contributed by atoms with Gasteiger partial charge in [-0.25, -0.2) is 4.98 Å². The van der Waals surface area contributed by atoms with E-state index in [2.05, 4.69) is 55.3 Å². The third kappa shape index (κ3) is 46.2. The lowest BCUT2D eigenvalue weighted by Crippen LogP contribution is -2.37. The van der Waals surface area contributed by atoms with Crippen LogP contribution >= 0.6 is 0 Å². The zero-order chi connectivity index (χ0) is 53.5. The third-order valence-corrected chi connectivity index (χ3v) is 16.4. The first-order valence-electron chi connectivity index (χ1n) is 33.5. The fourth-order valence-corrected chi connectivity index (χ4v) is 11.4. The average Bonchev–Trinajstić information content (AvgIpc) is 3.93. The van der Waals surface area contributed by atoms with E-state index in [4.69, 9.17) is 9.47 Å². The molecule has 0 spiro atoms. The average molecular weight is 1040 g/mol. The van der Waals surface area contributed by atoms with E-state index >= 15 is 0 Å². The summed E-state index contributed by atoms with van der Waals surface area (Å²) in [4.78, 5) is 32.9. The highest BCUT2D eigenvalue weighted by Gasteiger charge is 2.19. The molecule has 0 aliphatic heterocycles. The fraction of sp³-hybridized carbons (Fsp3) is 0.925. The lowest BCUT2D eigenvalue weighted by Gasteiger charge is -2.32. The van der Waals surface area contributed by atoms with E-state index in [1.807, 2.05) is 12.5 Å². The number of hydrogen-bond acceptors (Lipinski definition) is 6. The van der Waals surface area contributed by atoms with Crippen molar-refractivity contribution >= 4 is 11.9 Å². The first-order chi connectivity index (χ1) is 36.5. The second-order valence-corrected chi connectivity index (χ2v) is 23.5. The molecule has 0 bridgehead atoms. The van der Waals surface area contributed by atoms with Gasteiger partial charge in [0.1, 0.15) is 0 Å². The SMILES string of the molecule is CCCCCCCCCCN(CCCn1ccnc1)C(CCCCCCCCC(=O)OCC(CCCCCC)CCCCCCCC)CCCCCCCCC(=O)OCC(CCCCCC)CCCCCCCC. The van der Waals surface area contributed by atoms with Gasteiger partial charge >= 0.3 is 11.9 Å². The van der Waals surface area contributed by atoms with Gasteiger partial charge in [-0.1, -0.05) is 272 Å². The van der Waals surface area contributed by atoms with E-state index in [0.717, 1.165) is 32.2 Å². The van der Waals surface area contributed by atoms with Crippen molar-refractivity contribution in [2.24, 2.45) is 11.8 Å². The Bertz CT molecular complexity index is 1210. The van der Waals surface area contributed by atoms with Crippen LogP contribution in [0.3, 0.4) is 0 Å². The lowest BCUT2D eigenvalue weighted by atomic mass is 9.95. The van der Waals surface area contributed by atoms with Crippen molar-refractivity contribution in [2.45, 2.75) is 362 Å². The molecule has 0 aliphatic rings. The standard InChI is InChI=1S/C67H129N3O4/c1-6-11-16-21-24-29-36-45-57-70(58-46-56-69-59-55-68-62-69)65(51-41-32-25-27-34-43-53-66(71)73-60-63(47-37-19-14-9-4)49-39-30-22-17-12-7-2)52-42-33-26-28-35-44-54-67(72)74-61-64(48-38-20-15-10-5)50-40-31-23-18-13-8-3/h55,59,62-65H,6-54,56-58,60-61H2,1-5H3. The van der Waals surface area contributed by atoms with Crippen LogP contribution < -0.4 is 0 Å². The summed E-state index contributed by atoms with van der Waals surface area (Å²) in [6, 6.07) is 0.653. The van der Waals surface area contributed by atoms with Gasteiger partial charge in [-0.3, -0.25) is 9.59 Å². The largest absolute Gasteiger partial charge is 0.465 e. The van der Waals surface area contributed by atoms with Gasteiger partial charge in [-0.15, -0.1) is 0 Å². The number of ether oxygens (including phenoxy) is 2. The zero-order valence-electron chi connectivity index (χ0n) is 50.6. The van der Waals surface area contributed by atoms with Crippen LogP contribution in [0.2, 0.25) is 0 Å². The Balaban J connectivity index is 2.62. The summed E-state index contributed by atoms with van der Waals surface area (Å²) in [6.07, 6.45) is 67.4. The highest BCUT2D eigenvalue weighted by molar-refractivity contribution is 5.69. The number of carbonyl (C=O) groups is 2. The van der Waals surface area contributed by atoms with E-state index in [9.17, 15) is 9.59 Å². The Morgan fingerprint density at radius 3 is 1.07 bits per heavy atom. The topological polar surface area (TPSA) is 73.7 Å². The molecule has 1 rings (SSSR count). The molecule has 2 unspecified atom stereocenters. The molecule has 1 aromatic heterocycles. The zero-order valence-corrected chi connectivity index (χ0v) is 50.6. The quantitative estimate of drug-likeness (QED) is 0.0478. The molecular weight excluding hydrogens is 911 g/mol. The molecule has 0 aromatic carbocycles. The number of nitrogens with zero attached hydrogens (tertiary/aromatic N) is 3. The van der Waals surface area contributed by atoms with Crippen LogP contribution in [0.4, 0.5) is 0 Å². The highest BCUT2D eigenvalue weighted by atomic mass is 16.5. The molecular formula is C67H129N3O4. The van der Waals surface area contributed by atoms with Gasteiger partial charge in [0.2, 0.25) is 0 Å². The van der Waals surface area contributed by atoms with E-state index in [0.29, 0.717) is 43.9 Å². The molecule has 0 amide bonds. The summed E-state index contributed by atoms with van der Waals surface area (Å²) in [5, 5.41) is 0. The van der Waals surface area contributed by atoms with Crippen molar-refractivity contribution in [1.82, 2.24) is 14.5 Å². The first-order valence-corrected chi connectivity index (χ1v) is 33.5. The summed E-state index contributed by atoms with van der Waals surface area (Å²) in [7, 11) is 0. The van der Waals surface area contributed by atoms with E-state index in [1.54, 1.807) is 0 Å². The van der Waals surface area contributed by atoms with Crippen molar-refractivity contribution in [1.29, 1.82) is 0 Å². The van der Waals surface area contributed by atoms with Gasteiger partial charge in [-0.2, -0.15) is 0 Å². The maximum Gasteiger partial charge on any atom is 0.305 e. The highest BCUT2D eigenvalue weighted by Crippen LogP contribution is 2.24. The van der Waals surface area contributed by atoms with Gasteiger partial charge in [0.15, 0.2) is 0 Å². The number of carbonyl (C=O) groups excluding carboxylic acids is 2. The number of imidazole rings is 1. The summed E-state index contributed by atoms with van der Waals surface area (Å²) < 4.78 is 14.1. The van der Waals surface area contributed by atoms with Gasteiger partial charge in [0.25, 0.3) is 0 Å². The number of rotatable bonds is 60. The van der Waals surface area contributed by atoms with E-state index in [1.165, 1.54) is 289 Å². The molecule has 0 fully saturated rings. The number of esters is 2. The minimum absolute atomic E-state index is 0.0321. The minimum atomic E-state index is 0.0321. The van der Waals surface area contributed by atoms with Crippen molar-refractivity contribution in [3.63, 3.8) is 0 Å². The summed E-state index contributed by atoms with van der Waals surface area (Å²) in [6.45, 7) is 16.2. The Morgan fingerprint density at radius 2 is 0.703 bits per heavy atom. The molecule has 0 saturated heterocycles. The summed E-state index contributed by atoms with van der Waals surface area (Å²) in [5.41, 5.74) is 0. The van der Waals surface area contributed by atoms with Gasteiger partial charge in [-0.05, 0) is 82.6 Å². The number of aryl methyl sites for hydroxylation is 1. The van der Waals surface area contributed by atoms with Crippen molar-refractivity contribution in [3.8, 4) is 0 Å². The predicted octanol–water partition coefficient (Wildman–Crippen LogP) is 21.1.